The molecule has 1 fully saturated rings. The maximum Gasteiger partial charge on any atom is 0.269 e. The molecule has 3 N–H and O–H groups in total. The van der Waals surface area contributed by atoms with Gasteiger partial charge in [-0.15, -0.1) is 0 Å². The predicted molar refractivity (Wildman–Crippen MR) is 102 cm³/mol. The quantitative estimate of drug-likeness (QED) is 0.652. The van der Waals surface area contributed by atoms with E-state index >= 15 is 0 Å². The van der Waals surface area contributed by atoms with Gasteiger partial charge in [-0.3, -0.25) is 9.48 Å². The molecule has 3 aromatic rings. The smallest absolute Gasteiger partial charge is 0.269 e. The first kappa shape index (κ1) is 17.3. The molecular weight excluding hydrogens is 346 g/mol. The lowest BCUT2D eigenvalue weighted by molar-refractivity contribution is 0.0941. The molecule has 0 radical (unpaired) electrons. The summed E-state index contributed by atoms with van der Waals surface area (Å²) >= 11 is 0. The van der Waals surface area contributed by atoms with Crippen LogP contribution < -0.4 is 16.0 Å². The molecule has 27 heavy (non-hydrogen) atoms. The van der Waals surface area contributed by atoms with Crippen molar-refractivity contribution in [3.05, 3.63) is 23.8 Å². The molecule has 142 valence electrons. The van der Waals surface area contributed by atoms with E-state index in [0.717, 1.165) is 36.5 Å². The van der Waals surface area contributed by atoms with E-state index in [1.807, 2.05) is 18.4 Å². The van der Waals surface area contributed by atoms with Gasteiger partial charge >= 0.3 is 0 Å². The van der Waals surface area contributed by atoms with Crippen molar-refractivity contribution < 1.29 is 4.79 Å². The summed E-state index contributed by atoms with van der Waals surface area (Å²) in [6.45, 7) is 7.38. The van der Waals surface area contributed by atoms with E-state index in [0.29, 0.717) is 31.0 Å². The molecule has 0 aliphatic carbocycles. The normalized spacial score (nSPS) is 13.8. The Hall–Kier alpha value is -3.17. The molecule has 0 atom stereocenters. The van der Waals surface area contributed by atoms with Gasteiger partial charge in [-0.2, -0.15) is 15.1 Å². The van der Waals surface area contributed by atoms with Crippen LogP contribution in [-0.2, 0) is 13.1 Å². The fourth-order valence-corrected chi connectivity index (χ4v) is 3.21. The summed E-state index contributed by atoms with van der Waals surface area (Å²) in [7, 11) is 0. The van der Waals surface area contributed by atoms with E-state index < -0.39 is 0 Å². The first-order chi connectivity index (χ1) is 13.1. The van der Waals surface area contributed by atoms with Gasteiger partial charge < -0.3 is 20.5 Å². The highest BCUT2D eigenvalue weighted by Gasteiger charge is 2.22. The van der Waals surface area contributed by atoms with Gasteiger partial charge in [0.2, 0.25) is 5.95 Å². The second-order valence-electron chi connectivity index (χ2n) is 6.60. The summed E-state index contributed by atoms with van der Waals surface area (Å²) in [5.41, 5.74) is 8.71. The molecule has 1 amide bonds. The lowest BCUT2D eigenvalue weighted by Crippen LogP contribution is -2.38. The van der Waals surface area contributed by atoms with Crippen LogP contribution in [0.4, 0.5) is 11.8 Å². The Morgan fingerprint density at radius 3 is 2.85 bits per heavy atom. The zero-order valence-electron chi connectivity index (χ0n) is 15.5. The summed E-state index contributed by atoms with van der Waals surface area (Å²) in [6.07, 6.45) is 2.86. The van der Waals surface area contributed by atoms with Gasteiger partial charge in [0.1, 0.15) is 5.69 Å². The van der Waals surface area contributed by atoms with Crippen molar-refractivity contribution in [1.82, 2.24) is 34.6 Å². The van der Waals surface area contributed by atoms with Crippen LogP contribution in [0.5, 0.6) is 0 Å². The highest BCUT2D eigenvalue weighted by atomic mass is 16.2. The molecular formula is C17H23N9O. The molecule has 0 aromatic carbocycles. The van der Waals surface area contributed by atoms with Gasteiger partial charge in [0, 0.05) is 32.7 Å². The van der Waals surface area contributed by atoms with Crippen molar-refractivity contribution in [3.63, 3.8) is 0 Å². The Kier molecular flexibility index (Phi) is 4.38. The minimum Gasteiger partial charge on any atom is -0.368 e. The van der Waals surface area contributed by atoms with Gasteiger partial charge in [-0.25, -0.2) is 4.98 Å². The fourth-order valence-electron chi connectivity index (χ4n) is 3.21. The lowest BCUT2D eigenvalue weighted by Gasteiger charge is -2.31. The maximum absolute atomic E-state index is 12.4. The number of amides is 1. The van der Waals surface area contributed by atoms with Crippen molar-refractivity contribution in [2.45, 2.75) is 33.4 Å². The Morgan fingerprint density at radius 1 is 1.33 bits per heavy atom. The number of nitrogens with two attached hydrogens (primary N) is 1. The number of nitrogen functional groups attached to an aromatic ring is 1. The minimum absolute atomic E-state index is 0.141. The average molecular weight is 369 g/mol. The summed E-state index contributed by atoms with van der Waals surface area (Å²) in [4.78, 5) is 27.7. The lowest BCUT2D eigenvalue weighted by atomic mass is 10.2. The molecule has 0 unspecified atom stereocenters. The Morgan fingerprint density at radius 2 is 2.15 bits per heavy atom. The van der Waals surface area contributed by atoms with Crippen molar-refractivity contribution in [1.29, 1.82) is 0 Å². The number of nitrogens with zero attached hydrogens (tertiary/aromatic N) is 7. The van der Waals surface area contributed by atoms with Gasteiger partial charge in [-0.05, 0) is 26.3 Å². The number of imidazole rings is 1. The van der Waals surface area contributed by atoms with Crippen LogP contribution in [-0.4, -0.2) is 54.8 Å². The number of fused-ring (bicyclic) bond motifs is 1. The van der Waals surface area contributed by atoms with Gasteiger partial charge in [-0.1, -0.05) is 0 Å². The van der Waals surface area contributed by atoms with E-state index in [9.17, 15) is 4.79 Å². The maximum atomic E-state index is 12.4. The number of nitrogens with one attached hydrogen (secondary N) is 1. The molecule has 1 aliphatic heterocycles. The molecule has 1 aliphatic rings. The molecule has 0 bridgehead atoms. The Labute approximate surface area is 156 Å². The second-order valence-corrected chi connectivity index (χ2v) is 6.60. The summed E-state index contributed by atoms with van der Waals surface area (Å²) in [5.74, 6) is 0.878. The number of hydrogen-bond donors (Lipinski definition) is 2. The van der Waals surface area contributed by atoms with E-state index in [4.69, 9.17) is 5.73 Å². The largest absolute Gasteiger partial charge is 0.368 e. The van der Waals surface area contributed by atoms with Gasteiger partial charge in [0.25, 0.3) is 5.91 Å². The third-order valence-electron chi connectivity index (χ3n) is 4.69. The standard InChI is InChI=1S/C17H23N9O/c1-3-26-12(9-11(2)23-26)16(27)19-5-8-25-10-20-13-14(24-6-4-7-24)21-17(18)22-15(13)25/h9-10H,3-8H2,1-2H3,(H,19,27)(H2,18,21,22). The van der Waals surface area contributed by atoms with Crippen LogP contribution in [0.15, 0.2) is 12.4 Å². The second kappa shape index (κ2) is 6.86. The monoisotopic (exact) mass is 369 g/mol. The predicted octanol–water partition coefficient (Wildman–Crippen LogP) is 0.573. The topological polar surface area (TPSA) is 120 Å². The molecule has 4 rings (SSSR count). The van der Waals surface area contributed by atoms with E-state index in [-0.39, 0.29) is 11.9 Å². The molecule has 10 heteroatoms. The number of anilines is 2. The van der Waals surface area contributed by atoms with Crippen molar-refractivity contribution in [2.75, 3.05) is 30.3 Å². The first-order valence-corrected chi connectivity index (χ1v) is 9.12. The molecule has 4 heterocycles. The Balaban J connectivity index is 1.48. The third-order valence-corrected chi connectivity index (χ3v) is 4.69. The summed E-state index contributed by atoms with van der Waals surface area (Å²) in [6, 6.07) is 1.79. The summed E-state index contributed by atoms with van der Waals surface area (Å²) in [5, 5.41) is 7.23. The molecule has 1 saturated heterocycles. The number of rotatable bonds is 6. The van der Waals surface area contributed by atoms with E-state index in [2.05, 4.69) is 30.3 Å². The van der Waals surface area contributed by atoms with E-state index in [1.54, 1.807) is 17.1 Å². The van der Waals surface area contributed by atoms with Crippen LogP contribution in [0.2, 0.25) is 0 Å². The Bertz CT molecular complexity index is 986. The first-order valence-electron chi connectivity index (χ1n) is 9.12. The summed E-state index contributed by atoms with van der Waals surface area (Å²) < 4.78 is 3.59. The zero-order valence-corrected chi connectivity index (χ0v) is 15.5. The number of carbonyl (C=O) groups is 1. The SMILES string of the molecule is CCn1nc(C)cc1C(=O)NCCn1cnc2c(N3CCC3)nc(N)nc21. The van der Waals surface area contributed by atoms with Crippen LogP contribution >= 0.6 is 0 Å². The van der Waals surface area contributed by atoms with Crippen molar-refractivity contribution in [3.8, 4) is 0 Å². The number of hydrogen-bond acceptors (Lipinski definition) is 7. The zero-order chi connectivity index (χ0) is 19.0. The van der Waals surface area contributed by atoms with Gasteiger partial charge in [0.15, 0.2) is 17.0 Å². The number of carbonyl (C=O) groups excluding carboxylic acids is 1. The van der Waals surface area contributed by atoms with Crippen LogP contribution in [0.3, 0.4) is 0 Å². The third kappa shape index (κ3) is 3.18. The fraction of sp³-hybridized carbons (Fsp3) is 0.471. The van der Waals surface area contributed by atoms with E-state index in [1.165, 1.54) is 0 Å². The van der Waals surface area contributed by atoms with Crippen LogP contribution in [0.1, 0.15) is 29.5 Å². The molecule has 0 spiro atoms. The van der Waals surface area contributed by atoms with Gasteiger partial charge in [0.05, 0.1) is 12.0 Å². The molecule has 3 aromatic heterocycles. The minimum atomic E-state index is -0.141. The average Bonchev–Trinajstić information content (AvgIpc) is 3.16. The van der Waals surface area contributed by atoms with Crippen LogP contribution in [0, 0.1) is 6.92 Å². The number of aromatic nitrogens is 6. The molecule has 10 nitrogen and oxygen atoms in total. The highest BCUT2D eigenvalue weighted by molar-refractivity contribution is 5.92. The van der Waals surface area contributed by atoms with Crippen molar-refractivity contribution in [2.24, 2.45) is 0 Å². The van der Waals surface area contributed by atoms with Crippen molar-refractivity contribution >= 4 is 28.8 Å². The molecule has 0 saturated carbocycles. The highest BCUT2D eigenvalue weighted by Crippen LogP contribution is 2.26. The number of aryl methyl sites for hydroxylation is 2. The van der Waals surface area contributed by atoms with Crippen LogP contribution in [0.25, 0.3) is 11.2 Å².